The van der Waals surface area contributed by atoms with E-state index in [9.17, 15) is 18.0 Å². The van der Waals surface area contributed by atoms with Gasteiger partial charge in [-0.2, -0.15) is 4.31 Å². The van der Waals surface area contributed by atoms with Crippen molar-refractivity contribution in [2.45, 2.75) is 18.4 Å². The Balaban J connectivity index is 1.89. The van der Waals surface area contributed by atoms with Crippen LogP contribution in [-0.2, 0) is 21.4 Å². The molecule has 6 nitrogen and oxygen atoms in total. The van der Waals surface area contributed by atoms with E-state index < -0.39 is 22.5 Å². The van der Waals surface area contributed by atoms with Crippen LogP contribution in [0.25, 0.3) is 0 Å². The van der Waals surface area contributed by atoms with Crippen LogP contribution in [0.15, 0.2) is 77.7 Å². The molecule has 1 amide bonds. The van der Waals surface area contributed by atoms with Crippen molar-refractivity contribution in [3.05, 3.63) is 94.0 Å². The first-order chi connectivity index (χ1) is 15.2. The number of rotatable bonds is 8. The average Bonchev–Trinajstić information content (AvgIpc) is 2.75. The molecule has 32 heavy (non-hydrogen) atoms. The van der Waals surface area contributed by atoms with E-state index in [1.54, 1.807) is 48.5 Å². The average molecular weight is 491 g/mol. The van der Waals surface area contributed by atoms with Crippen LogP contribution in [0.2, 0.25) is 10.0 Å². The van der Waals surface area contributed by atoms with Gasteiger partial charge in [-0.1, -0.05) is 59.6 Å². The molecule has 3 aromatic rings. The van der Waals surface area contributed by atoms with Crippen LogP contribution in [0.1, 0.15) is 22.8 Å². The van der Waals surface area contributed by atoms with E-state index >= 15 is 0 Å². The molecule has 166 valence electrons. The zero-order chi connectivity index (χ0) is 23.3. The Morgan fingerprint density at radius 3 is 2.31 bits per heavy atom. The lowest BCUT2D eigenvalue weighted by Gasteiger charge is -2.22. The van der Waals surface area contributed by atoms with E-state index in [4.69, 9.17) is 23.2 Å². The molecule has 0 bridgehead atoms. The standard InChI is InChI=1S/C23H20Cl2N2O4S/c1-16(28)17-6-5-7-20(12-17)26-23(29)15-27(14-18-10-11-19(24)13-22(18)25)32(30,31)21-8-3-2-4-9-21/h2-13H,14-15H2,1H3,(H,26,29). The molecular weight excluding hydrogens is 471 g/mol. The summed E-state index contributed by atoms with van der Waals surface area (Å²) in [5.41, 5.74) is 1.33. The summed E-state index contributed by atoms with van der Waals surface area (Å²) in [5, 5.41) is 3.36. The van der Waals surface area contributed by atoms with Crippen molar-refractivity contribution in [1.82, 2.24) is 4.31 Å². The van der Waals surface area contributed by atoms with E-state index in [0.29, 0.717) is 26.9 Å². The maximum absolute atomic E-state index is 13.3. The fourth-order valence-corrected chi connectivity index (χ4v) is 4.85. The Bertz CT molecular complexity index is 1250. The molecule has 1 N–H and O–H groups in total. The van der Waals surface area contributed by atoms with Gasteiger partial charge in [0.15, 0.2) is 5.78 Å². The summed E-state index contributed by atoms with van der Waals surface area (Å²) in [4.78, 5) is 24.4. The van der Waals surface area contributed by atoms with E-state index in [1.807, 2.05) is 0 Å². The van der Waals surface area contributed by atoms with Gasteiger partial charge in [-0.05, 0) is 48.9 Å². The van der Waals surface area contributed by atoms with Crippen LogP contribution < -0.4 is 5.32 Å². The molecule has 9 heteroatoms. The predicted molar refractivity (Wildman–Crippen MR) is 126 cm³/mol. The van der Waals surface area contributed by atoms with E-state index in [1.165, 1.54) is 31.2 Å². The van der Waals surface area contributed by atoms with E-state index in [0.717, 1.165) is 4.31 Å². The number of anilines is 1. The Hall–Kier alpha value is -2.71. The number of halogens is 2. The molecule has 3 aromatic carbocycles. The van der Waals surface area contributed by atoms with Gasteiger partial charge >= 0.3 is 0 Å². The molecule has 0 heterocycles. The van der Waals surface area contributed by atoms with E-state index in [2.05, 4.69) is 5.32 Å². The highest BCUT2D eigenvalue weighted by molar-refractivity contribution is 7.89. The summed E-state index contributed by atoms with van der Waals surface area (Å²) in [6, 6.07) is 19.0. The summed E-state index contributed by atoms with van der Waals surface area (Å²) >= 11 is 12.2. The minimum atomic E-state index is -4.01. The maximum atomic E-state index is 13.3. The molecule has 0 aliphatic heterocycles. The monoisotopic (exact) mass is 490 g/mol. The van der Waals surface area contributed by atoms with Gasteiger partial charge in [0, 0.05) is 27.8 Å². The van der Waals surface area contributed by atoms with Crippen LogP contribution in [-0.4, -0.2) is 31.0 Å². The number of carbonyl (C=O) groups excluding carboxylic acids is 2. The number of hydrogen-bond acceptors (Lipinski definition) is 4. The zero-order valence-electron chi connectivity index (χ0n) is 17.1. The topological polar surface area (TPSA) is 83.6 Å². The van der Waals surface area contributed by atoms with Crippen molar-refractivity contribution >= 4 is 50.6 Å². The van der Waals surface area contributed by atoms with Crippen molar-refractivity contribution in [3.63, 3.8) is 0 Å². The van der Waals surface area contributed by atoms with E-state index in [-0.39, 0.29) is 17.2 Å². The minimum absolute atomic E-state index is 0.0523. The number of nitrogens with zero attached hydrogens (tertiary/aromatic N) is 1. The molecule has 0 aliphatic rings. The lowest BCUT2D eigenvalue weighted by atomic mass is 10.1. The van der Waals surface area contributed by atoms with Crippen LogP contribution in [0.3, 0.4) is 0 Å². The van der Waals surface area contributed by atoms with Crippen LogP contribution in [0, 0.1) is 0 Å². The Labute approximate surface area is 196 Å². The minimum Gasteiger partial charge on any atom is -0.325 e. The third-order valence-electron chi connectivity index (χ3n) is 4.62. The smallest absolute Gasteiger partial charge is 0.243 e. The zero-order valence-corrected chi connectivity index (χ0v) is 19.4. The molecule has 0 unspecified atom stereocenters. The second-order valence-electron chi connectivity index (χ2n) is 7.01. The normalized spacial score (nSPS) is 11.4. The first-order valence-electron chi connectivity index (χ1n) is 9.57. The summed E-state index contributed by atoms with van der Waals surface area (Å²) in [7, 11) is -4.01. The number of carbonyl (C=O) groups is 2. The molecule has 0 radical (unpaired) electrons. The van der Waals surface area contributed by atoms with Crippen LogP contribution in [0.4, 0.5) is 5.69 Å². The fourth-order valence-electron chi connectivity index (χ4n) is 2.98. The fraction of sp³-hybridized carbons (Fsp3) is 0.130. The second kappa shape index (κ2) is 10.3. The molecule has 0 aliphatic carbocycles. The van der Waals surface area contributed by atoms with Crippen molar-refractivity contribution in [1.29, 1.82) is 0 Å². The number of sulfonamides is 1. The Morgan fingerprint density at radius 1 is 0.938 bits per heavy atom. The van der Waals surface area contributed by atoms with Gasteiger partial charge in [0.2, 0.25) is 15.9 Å². The number of nitrogens with one attached hydrogen (secondary N) is 1. The first-order valence-corrected chi connectivity index (χ1v) is 11.8. The SMILES string of the molecule is CC(=O)c1cccc(NC(=O)CN(Cc2ccc(Cl)cc2Cl)S(=O)(=O)c2ccccc2)c1. The molecule has 0 aromatic heterocycles. The number of Topliss-reactive ketones (excluding diaryl/α,β-unsaturated/α-hetero) is 1. The largest absolute Gasteiger partial charge is 0.325 e. The second-order valence-corrected chi connectivity index (χ2v) is 9.79. The summed E-state index contributed by atoms with van der Waals surface area (Å²) in [6.07, 6.45) is 0. The van der Waals surface area contributed by atoms with Gasteiger partial charge in [0.25, 0.3) is 0 Å². The summed E-state index contributed by atoms with van der Waals surface area (Å²) < 4.78 is 27.6. The lowest BCUT2D eigenvalue weighted by Crippen LogP contribution is -2.37. The maximum Gasteiger partial charge on any atom is 0.243 e. The van der Waals surface area contributed by atoms with Crippen LogP contribution >= 0.6 is 23.2 Å². The Morgan fingerprint density at radius 2 is 1.66 bits per heavy atom. The van der Waals surface area contributed by atoms with Gasteiger partial charge in [0.1, 0.15) is 0 Å². The summed E-state index contributed by atoms with van der Waals surface area (Å²) in [6.45, 7) is 0.833. The van der Waals surface area contributed by atoms with Crippen LogP contribution in [0.5, 0.6) is 0 Å². The molecule has 3 rings (SSSR count). The molecule has 0 fully saturated rings. The molecule has 0 saturated heterocycles. The molecule has 0 saturated carbocycles. The highest BCUT2D eigenvalue weighted by Gasteiger charge is 2.27. The lowest BCUT2D eigenvalue weighted by molar-refractivity contribution is -0.116. The predicted octanol–water partition coefficient (Wildman–Crippen LogP) is 5.03. The third kappa shape index (κ3) is 5.95. The van der Waals surface area contributed by atoms with Crippen molar-refractivity contribution < 1.29 is 18.0 Å². The van der Waals surface area contributed by atoms with Gasteiger partial charge in [-0.15, -0.1) is 0 Å². The molecule has 0 atom stereocenters. The van der Waals surface area contributed by atoms with Gasteiger partial charge in [-0.3, -0.25) is 9.59 Å². The van der Waals surface area contributed by atoms with Crippen molar-refractivity contribution in [3.8, 4) is 0 Å². The van der Waals surface area contributed by atoms with Gasteiger partial charge < -0.3 is 5.32 Å². The molecule has 0 spiro atoms. The highest BCUT2D eigenvalue weighted by Crippen LogP contribution is 2.25. The van der Waals surface area contributed by atoms with Gasteiger partial charge in [0.05, 0.1) is 11.4 Å². The first kappa shape index (κ1) is 23.9. The number of amides is 1. The number of ketones is 1. The van der Waals surface area contributed by atoms with Crippen molar-refractivity contribution in [2.75, 3.05) is 11.9 Å². The highest BCUT2D eigenvalue weighted by atomic mass is 35.5. The molecular formula is C23H20Cl2N2O4S. The number of hydrogen-bond donors (Lipinski definition) is 1. The summed E-state index contributed by atoms with van der Waals surface area (Å²) in [5.74, 6) is -0.706. The quantitative estimate of drug-likeness (QED) is 0.449. The van der Waals surface area contributed by atoms with Crippen molar-refractivity contribution in [2.24, 2.45) is 0 Å². The Kier molecular flexibility index (Phi) is 7.69. The number of benzene rings is 3. The third-order valence-corrected chi connectivity index (χ3v) is 7.01. The van der Waals surface area contributed by atoms with Gasteiger partial charge in [-0.25, -0.2) is 8.42 Å².